The largest absolute Gasteiger partial charge is 0.490 e. The molecule has 4 saturated carbocycles. The third-order valence-electron chi connectivity index (χ3n) is 11.6. The first-order valence-corrected chi connectivity index (χ1v) is 15.3. The number of carboxylic acids is 1. The highest BCUT2D eigenvalue weighted by molar-refractivity contribution is 5.85. The maximum absolute atomic E-state index is 12.5. The molecule has 1 heterocycles. The van der Waals surface area contributed by atoms with Crippen molar-refractivity contribution in [2.24, 2.45) is 45.6 Å². The molecule has 1 unspecified atom stereocenters. The maximum atomic E-state index is 12.5. The van der Waals surface area contributed by atoms with Gasteiger partial charge in [0.1, 0.15) is 0 Å². The second-order valence-electron chi connectivity index (χ2n) is 13.8. The molecule has 9 atom stereocenters. The van der Waals surface area contributed by atoms with Crippen LogP contribution >= 0.6 is 0 Å². The number of carboxylic acid groups (broad SMARTS) is 1. The quantitative estimate of drug-likeness (QED) is 0.217. The highest BCUT2D eigenvalue weighted by atomic mass is 19.4. The summed E-state index contributed by atoms with van der Waals surface area (Å²) in [5, 5.41) is 25.3. The van der Waals surface area contributed by atoms with Crippen LogP contribution in [0.15, 0.2) is 5.16 Å². The standard InChI is InChI=1S/C28H47N3O3.C2HF3O2/c1-18(30-34-26(33)31(4)17-20-6-5-15-29-20)23-9-10-24-22-8-7-19-16-21(32)11-13-27(19,2)25(22)12-14-28(23,24)3;3-2(4,5)1(6)7/h19-25,29,32H,5-17H2,1-4H3;(H,6,7)/b30-18+;/t19?,20-,21-,22-,23+,24-,25-,27-,28+;/m0./s1. The fraction of sp³-hybridized carbons (Fsp3) is 0.900. The zero-order chi connectivity index (χ0) is 30.2. The van der Waals surface area contributed by atoms with Crippen LogP contribution in [-0.2, 0) is 9.63 Å². The van der Waals surface area contributed by atoms with Gasteiger partial charge in [-0.2, -0.15) is 13.2 Å². The zero-order valence-corrected chi connectivity index (χ0v) is 24.9. The Morgan fingerprint density at radius 3 is 2.32 bits per heavy atom. The number of hydrogen-bond donors (Lipinski definition) is 3. The second kappa shape index (κ2) is 12.4. The molecule has 0 radical (unpaired) electrons. The van der Waals surface area contributed by atoms with Crippen LogP contribution in [0.1, 0.15) is 91.4 Å². The summed E-state index contributed by atoms with van der Waals surface area (Å²) >= 11 is 0. The Morgan fingerprint density at radius 2 is 1.68 bits per heavy atom. The first kappa shape index (κ1) is 32.0. The molecule has 5 aliphatic rings. The third kappa shape index (κ3) is 6.71. The molecule has 11 heteroatoms. The minimum Gasteiger partial charge on any atom is -0.475 e. The minimum absolute atomic E-state index is 0.0746. The summed E-state index contributed by atoms with van der Waals surface area (Å²) < 4.78 is 31.7. The van der Waals surface area contributed by atoms with Crippen molar-refractivity contribution < 1.29 is 37.8 Å². The van der Waals surface area contributed by atoms with E-state index in [9.17, 15) is 23.1 Å². The van der Waals surface area contributed by atoms with Crippen molar-refractivity contribution in [2.75, 3.05) is 20.1 Å². The summed E-state index contributed by atoms with van der Waals surface area (Å²) in [4.78, 5) is 28.5. The van der Waals surface area contributed by atoms with Gasteiger partial charge < -0.3 is 20.4 Å². The third-order valence-corrected chi connectivity index (χ3v) is 11.6. The van der Waals surface area contributed by atoms with Crippen LogP contribution in [0.2, 0.25) is 0 Å². The van der Waals surface area contributed by atoms with Gasteiger partial charge in [-0.05, 0) is 119 Å². The first-order chi connectivity index (χ1) is 19.2. The number of oxime groups is 1. The number of halogens is 3. The van der Waals surface area contributed by atoms with Crippen molar-refractivity contribution in [3.8, 4) is 0 Å². The summed E-state index contributed by atoms with van der Waals surface area (Å²) in [5.41, 5.74) is 1.68. The SMILES string of the molecule is C/C(=N\OC(=O)N(C)C[C@@H]1CCCN1)[C@H]1CC[C@H]2[C@@H]3CCC4C[C@@H](O)CC[C@]4(C)[C@H]3CC[C@]12C.O=C(O)C(F)(F)F. The number of likely N-dealkylation sites (N-methyl/N-ethyl adjacent to an activating group) is 1. The van der Waals surface area contributed by atoms with Crippen molar-refractivity contribution in [1.29, 1.82) is 0 Å². The van der Waals surface area contributed by atoms with Crippen molar-refractivity contribution in [3.63, 3.8) is 0 Å². The lowest BCUT2D eigenvalue weighted by Crippen LogP contribution is -2.54. The Balaban J connectivity index is 0.000000493. The van der Waals surface area contributed by atoms with Gasteiger partial charge >= 0.3 is 18.2 Å². The smallest absolute Gasteiger partial charge is 0.475 e. The van der Waals surface area contributed by atoms with E-state index in [4.69, 9.17) is 14.7 Å². The van der Waals surface area contributed by atoms with Crippen LogP contribution in [0.4, 0.5) is 18.0 Å². The average molecular weight is 588 g/mol. The number of alkyl halides is 3. The highest BCUT2D eigenvalue weighted by Crippen LogP contribution is 2.67. The molecule has 0 aromatic carbocycles. The van der Waals surface area contributed by atoms with Gasteiger partial charge in [-0.15, -0.1) is 0 Å². The molecule has 5 rings (SSSR count). The fourth-order valence-electron chi connectivity index (χ4n) is 9.48. The number of aliphatic hydroxyl groups excluding tert-OH is 1. The van der Waals surface area contributed by atoms with E-state index in [0.29, 0.717) is 29.8 Å². The maximum Gasteiger partial charge on any atom is 0.490 e. The molecule has 1 saturated heterocycles. The number of hydrogen-bond acceptors (Lipinski definition) is 6. The highest BCUT2D eigenvalue weighted by Gasteiger charge is 2.60. The lowest BCUT2D eigenvalue weighted by atomic mass is 9.44. The number of aliphatic carboxylic acids is 1. The molecule has 41 heavy (non-hydrogen) atoms. The molecular weight excluding hydrogens is 539 g/mol. The Morgan fingerprint density at radius 1 is 1.02 bits per heavy atom. The van der Waals surface area contributed by atoms with E-state index < -0.39 is 12.1 Å². The Bertz CT molecular complexity index is 987. The van der Waals surface area contributed by atoms with Gasteiger partial charge in [0.05, 0.1) is 11.8 Å². The van der Waals surface area contributed by atoms with Crippen molar-refractivity contribution in [1.82, 2.24) is 10.2 Å². The normalized spacial score (nSPS) is 40.4. The number of carbonyl (C=O) groups excluding carboxylic acids is 1. The zero-order valence-electron chi connectivity index (χ0n) is 24.9. The molecule has 0 bridgehead atoms. The fourth-order valence-corrected chi connectivity index (χ4v) is 9.48. The van der Waals surface area contributed by atoms with Crippen LogP contribution in [0, 0.1) is 40.4 Å². The van der Waals surface area contributed by atoms with Gasteiger partial charge in [-0.1, -0.05) is 19.0 Å². The number of nitrogens with zero attached hydrogens (tertiary/aromatic N) is 2. The molecular formula is C30H48F3N3O5. The van der Waals surface area contributed by atoms with Crippen LogP contribution in [0.25, 0.3) is 0 Å². The molecule has 0 aromatic rings. The number of amides is 1. The summed E-state index contributed by atoms with van der Waals surface area (Å²) in [5.74, 6) is 0.722. The van der Waals surface area contributed by atoms with E-state index >= 15 is 0 Å². The summed E-state index contributed by atoms with van der Waals surface area (Å²) in [6.45, 7) is 8.85. The molecule has 5 fully saturated rings. The molecule has 4 aliphatic carbocycles. The number of fused-ring (bicyclic) bond motifs is 5. The molecule has 0 aromatic heterocycles. The number of nitrogens with one attached hydrogen (secondary N) is 1. The van der Waals surface area contributed by atoms with E-state index in [0.717, 1.165) is 55.7 Å². The summed E-state index contributed by atoms with van der Waals surface area (Å²) in [6.07, 6.45) is 7.62. The first-order valence-electron chi connectivity index (χ1n) is 15.3. The Kier molecular flexibility index (Phi) is 9.68. The predicted molar refractivity (Wildman–Crippen MR) is 148 cm³/mol. The van der Waals surface area contributed by atoms with Crippen LogP contribution < -0.4 is 5.32 Å². The van der Waals surface area contributed by atoms with Gasteiger partial charge in [0.2, 0.25) is 0 Å². The van der Waals surface area contributed by atoms with Crippen LogP contribution in [-0.4, -0.2) is 71.3 Å². The van der Waals surface area contributed by atoms with Crippen molar-refractivity contribution in [3.05, 3.63) is 0 Å². The van der Waals surface area contributed by atoms with Gasteiger partial charge in [0, 0.05) is 25.6 Å². The van der Waals surface area contributed by atoms with Crippen LogP contribution in [0.3, 0.4) is 0 Å². The number of rotatable bonds is 4. The Labute approximate surface area is 241 Å². The molecule has 3 N–H and O–H groups in total. The topological polar surface area (TPSA) is 111 Å². The molecule has 0 spiro atoms. The number of carbonyl (C=O) groups is 2. The second-order valence-corrected chi connectivity index (χ2v) is 13.8. The van der Waals surface area contributed by atoms with E-state index in [1.165, 1.54) is 44.9 Å². The lowest BCUT2D eigenvalue weighted by molar-refractivity contribution is -0.192. The molecule has 234 valence electrons. The predicted octanol–water partition coefficient (Wildman–Crippen LogP) is 5.84. The van der Waals surface area contributed by atoms with E-state index in [-0.39, 0.29) is 17.6 Å². The van der Waals surface area contributed by atoms with Crippen molar-refractivity contribution >= 4 is 17.8 Å². The summed E-state index contributed by atoms with van der Waals surface area (Å²) in [7, 11) is 1.81. The molecule has 1 aliphatic heterocycles. The van der Waals surface area contributed by atoms with Gasteiger partial charge in [0.25, 0.3) is 0 Å². The van der Waals surface area contributed by atoms with Gasteiger partial charge in [0.15, 0.2) is 0 Å². The van der Waals surface area contributed by atoms with Crippen LogP contribution in [0.5, 0.6) is 0 Å². The van der Waals surface area contributed by atoms with E-state index in [1.54, 1.807) is 4.90 Å². The average Bonchev–Trinajstić information content (AvgIpc) is 3.54. The monoisotopic (exact) mass is 587 g/mol. The van der Waals surface area contributed by atoms with E-state index in [2.05, 4.69) is 31.2 Å². The molecule has 1 amide bonds. The van der Waals surface area contributed by atoms with Crippen molar-refractivity contribution in [2.45, 2.75) is 110 Å². The van der Waals surface area contributed by atoms with E-state index in [1.807, 2.05) is 7.05 Å². The lowest BCUT2D eigenvalue weighted by Gasteiger charge is -2.61. The van der Waals surface area contributed by atoms with Gasteiger partial charge in [-0.3, -0.25) is 4.84 Å². The Hall–Kier alpha value is -1.88. The summed E-state index contributed by atoms with van der Waals surface area (Å²) in [6, 6.07) is 0.372. The number of aliphatic hydroxyl groups is 1. The minimum atomic E-state index is -5.08. The van der Waals surface area contributed by atoms with Gasteiger partial charge in [-0.25, -0.2) is 9.59 Å². The molecule has 8 nitrogen and oxygen atoms in total.